The summed E-state index contributed by atoms with van der Waals surface area (Å²) in [5.41, 5.74) is 3.31. The fraction of sp³-hybridized carbons (Fsp3) is 0.263. The Bertz CT molecular complexity index is 795. The molecule has 0 N–H and O–H groups in total. The maximum Gasteiger partial charge on any atom is 0.222 e. The lowest BCUT2D eigenvalue weighted by molar-refractivity contribution is -0.684. The largest absolute Gasteiger partial charge is 0.347 e. The predicted octanol–water partition coefficient (Wildman–Crippen LogP) is 3.62. The number of rotatable bonds is 3. The average molecular weight is 372 g/mol. The molecular weight excluding hydrogens is 352 g/mol. The number of nitrogens with zero attached hydrogens (tertiary/aromatic N) is 2. The van der Waals surface area contributed by atoms with E-state index in [4.69, 9.17) is 0 Å². The number of carbonyl (C=O) groups is 1. The van der Waals surface area contributed by atoms with Crippen molar-refractivity contribution < 1.29 is 9.36 Å². The van der Waals surface area contributed by atoms with Crippen LogP contribution in [0.2, 0.25) is 0 Å². The van der Waals surface area contributed by atoms with Gasteiger partial charge in [-0.15, -0.1) is 0 Å². The first-order chi connectivity index (χ1) is 10.9. The molecule has 4 heteroatoms. The predicted molar refractivity (Wildman–Crippen MR) is 95.3 cm³/mol. The van der Waals surface area contributed by atoms with E-state index in [0.29, 0.717) is 6.54 Å². The fourth-order valence-electron chi connectivity index (χ4n) is 3.23. The Morgan fingerprint density at radius 3 is 2.70 bits per heavy atom. The number of hydrogen-bond donors (Lipinski definition) is 0. The van der Waals surface area contributed by atoms with E-state index in [1.54, 1.807) is 6.08 Å². The zero-order chi connectivity index (χ0) is 16.6. The Hall–Kier alpha value is -1.94. The van der Waals surface area contributed by atoms with Crippen LogP contribution in [0, 0.1) is 0 Å². The Kier molecular flexibility index (Phi) is 4.11. The van der Waals surface area contributed by atoms with Gasteiger partial charge in [0.1, 0.15) is 0 Å². The lowest BCUT2D eigenvalue weighted by Gasteiger charge is -2.23. The number of aromatic nitrogens is 1. The minimum atomic E-state index is -0.164. The maximum atomic E-state index is 12.5. The van der Waals surface area contributed by atoms with Crippen molar-refractivity contribution in [3.63, 3.8) is 0 Å². The minimum absolute atomic E-state index is 0.0934. The van der Waals surface area contributed by atoms with Gasteiger partial charge in [0, 0.05) is 36.0 Å². The van der Waals surface area contributed by atoms with E-state index in [0.717, 1.165) is 10.2 Å². The molecule has 3 rings (SSSR count). The van der Waals surface area contributed by atoms with Crippen LogP contribution >= 0.6 is 15.9 Å². The van der Waals surface area contributed by atoms with Crippen LogP contribution in [0.15, 0.2) is 65.0 Å². The molecule has 1 aliphatic rings. The summed E-state index contributed by atoms with van der Waals surface area (Å²) in [5.74, 6) is 0.0934. The third-order valence-electron chi connectivity index (χ3n) is 4.40. The van der Waals surface area contributed by atoms with Crippen LogP contribution in [0.1, 0.15) is 19.4 Å². The molecule has 0 unspecified atom stereocenters. The topological polar surface area (TPSA) is 24.2 Å². The van der Waals surface area contributed by atoms with Crippen LogP contribution < -0.4 is 9.47 Å². The number of anilines is 1. The number of carbonyl (C=O) groups excluding carboxylic acids is 1. The molecule has 0 saturated heterocycles. The molecule has 2 aromatic rings. The number of benzene rings is 1. The van der Waals surface area contributed by atoms with Gasteiger partial charge in [-0.3, -0.25) is 4.79 Å². The minimum Gasteiger partial charge on any atom is -0.347 e. The smallest absolute Gasteiger partial charge is 0.222 e. The van der Waals surface area contributed by atoms with Crippen molar-refractivity contribution in [2.24, 2.45) is 0 Å². The summed E-state index contributed by atoms with van der Waals surface area (Å²) in [6.45, 7) is 4.67. The van der Waals surface area contributed by atoms with Gasteiger partial charge in [-0.2, -0.15) is 4.57 Å². The first-order valence-electron chi connectivity index (χ1n) is 7.62. The highest BCUT2D eigenvalue weighted by molar-refractivity contribution is 9.10. The molecule has 118 valence electrons. The van der Waals surface area contributed by atoms with Crippen molar-refractivity contribution in [3.05, 3.63) is 70.6 Å². The molecule has 0 atom stereocenters. The van der Waals surface area contributed by atoms with Crippen LogP contribution in [0.25, 0.3) is 0 Å². The zero-order valence-corrected chi connectivity index (χ0v) is 15.2. The molecular formula is C19H20BrN2O+. The third-order valence-corrected chi connectivity index (χ3v) is 4.87. The van der Waals surface area contributed by atoms with E-state index in [1.807, 2.05) is 42.2 Å². The lowest BCUT2D eigenvalue weighted by atomic mass is 9.83. The zero-order valence-electron chi connectivity index (χ0n) is 13.6. The Balaban J connectivity index is 1.89. The number of para-hydroxylation sites is 1. The Morgan fingerprint density at radius 1 is 1.26 bits per heavy atom. The molecule has 1 aromatic carbocycles. The summed E-state index contributed by atoms with van der Waals surface area (Å²) in [5, 5.41) is 0. The molecule has 0 fully saturated rings. The van der Waals surface area contributed by atoms with Crippen molar-refractivity contribution >= 4 is 27.4 Å². The van der Waals surface area contributed by atoms with Crippen LogP contribution in [0.5, 0.6) is 0 Å². The summed E-state index contributed by atoms with van der Waals surface area (Å²) in [4.78, 5) is 14.6. The van der Waals surface area contributed by atoms with Gasteiger partial charge in [0.15, 0.2) is 12.4 Å². The van der Waals surface area contributed by atoms with Gasteiger partial charge in [-0.25, -0.2) is 0 Å². The lowest BCUT2D eigenvalue weighted by Crippen LogP contribution is -2.37. The van der Waals surface area contributed by atoms with E-state index < -0.39 is 0 Å². The number of fused-ring (bicyclic) bond motifs is 1. The molecule has 0 saturated carbocycles. The highest BCUT2D eigenvalue weighted by Gasteiger charge is 2.38. The second-order valence-electron chi connectivity index (χ2n) is 6.39. The van der Waals surface area contributed by atoms with Gasteiger partial charge >= 0.3 is 0 Å². The number of ketones is 1. The first kappa shape index (κ1) is 15.9. The molecule has 0 spiro atoms. The summed E-state index contributed by atoms with van der Waals surface area (Å²) in [7, 11) is 2.03. The van der Waals surface area contributed by atoms with Gasteiger partial charge in [-0.05, 0) is 33.6 Å². The van der Waals surface area contributed by atoms with E-state index >= 15 is 0 Å². The van der Waals surface area contributed by atoms with Crippen LogP contribution in [-0.2, 0) is 16.8 Å². The number of hydrogen-bond acceptors (Lipinski definition) is 2. The summed E-state index contributed by atoms with van der Waals surface area (Å²) < 4.78 is 2.85. The second kappa shape index (κ2) is 5.93. The van der Waals surface area contributed by atoms with Crippen molar-refractivity contribution in [3.8, 4) is 0 Å². The average Bonchev–Trinajstić information content (AvgIpc) is 2.69. The van der Waals surface area contributed by atoms with Gasteiger partial charge < -0.3 is 4.90 Å². The number of halogens is 1. The van der Waals surface area contributed by atoms with E-state index in [1.165, 1.54) is 11.3 Å². The molecule has 3 nitrogen and oxygen atoms in total. The number of allylic oxidation sites excluding steroid dienone is 2. The molecule has 2 heterocycles. The van der Waals surface area contributed by atoms with Crippen LogP contribution in [-0.4, -0.2) is 12.8 Å². The molecule has 0 aliphatic carbocycles. The second-order valence-corrected chi connectivity index (χ2v) is 7.31. The maximum absolute atomic E-state index is 12.5. The summed E-state index contributed by atoms with van der Waals surface area (Å²) >= 11 is 3.43. The van der Waals surface area contributed by atoms with Crippen LogP contribution in [0.4, 0.5) is 5.69 Å². The van der Waals surface area contributed by atoms with E-state index in [-0.39, 0.29) is 11.2 Å². The summed E-state index contributed by atoms with van der Waals surface area (Å²) in [6, 6.07) is 12.2. The number of pyridine rings is 1. The highest BCUT2D eigenvalue weighted by atomic mass is 79.9. The highest BCUT2D eigenvalue weighted by Crippen LogP contribution is 2.46. The Morgan fingerprint density at radius 2 is 2.00 bits per heavy atom. The number of likely N-dealkylation sites (N-methyl/N-ethyl adjacent to an activating group) is 1. The van der Waals surface area contributed by atoms with E-state index in [9.17, 15) is 4.79 Å². The van der Waals surface area contributed by atoms with Gasteiger partial charge in [0.2, 0.25) is 12.3 Å². The van der Waals surface area contributed by atoms with Crippen molar-refractivity contribution in [2.45, 2.75) is 25.8 Å². The SMILES string of the molecule is CN1/C(=C/C(=O)C[n+]2cccc(Br)c2)C(C)(C)c2ccccc21. The summed E-state index contributed by atoms with van der Waals surface area (Å²) in [6.07, 6.45) is 5.60. The van der Waals surface area contributed by atoms with E-state index in [2.05, 4.69) is 52.9 Å². The van der Waals surface area contributed by atoms with Crippen molar-refractivity contribution in [1.29, 1.82) is 0 Å². The molecule has 1 aliphatic heterocycles. The Labute approximate surface area is 145 Å². The fourth-order valence-corrected chi connectivity index (χ4v) is 3.64. The molecule has 0 radical (unpaired) electrons. The third kappa shape index (κ3) is 2.95. The molecule has 0 bridgehead atoms. The normalized spacial score (nSPS) is 17.4. The monoisotopic (exact) mass is 371 g/mol. The first-order valence-corrected chi connectivity index (χ1v) is 8.42. The van der Waals surface area contributed by atoms with Gasteiger partial charge in [0.05, 0.1) is 4.47 Å². The van der Waals surface area contributed by atoms with Gasteiger partial charge in [-0.1, -0.05) is 32.0 Å². The van der Waals surface area contributed by atoms with Gasteiger partial charge in [0.25, 0.3) is 0 Å². The van der Waals surface area contributed by atoms with Crippen molar-refractivity contribution in [2.75, 3.05) is 11.9 Å². The molecule has 23 heavy (non-hydrogen) atoms. The molecule has 1 aromatic heterocycles. The quantitative estimate of drug-likeness (QED) is 0.607. The molecule has 0 amide bonds. The standard InChI is InChI=1S/C19H20BrN2O/c1-19(2)16-8-4-5-9-17(16)21(3)18(19)11-15(23)13-22-10-6-7-14(20)12-22/h4-12H,13H2,1-3H3/q+1/b18-11+. The van der Waals surface area contributed by atoms with Crippen LogP contribution in [0.3, 0.4) is 0 Å². The van der Waals surface area contributed by atoms with Crippen molar-refractivity contribution in [1.82, 2.24) is 0 Å².